The van der Waals surface area contributed by atoms with Crippen LogP contribution in [0.1, 0.15) is 80.4 Å². The van der Waals surface area contributed by atoms with Crippen molar-refractivity contribution in [1.29, 1.82) is 0 Å². The van der Waals surface area contributed by atoms with E-state index in [1.807, 2.05) is 0 Å². The second-order valence-corrected chi connectivity index (χ2v) is 10.4. The second kappa shape index (κ2) is 14.5. The van der Waals surface area contributed by atoms with Crippen LogP contribution in [0.4, 0.5) is 0 Å². The number of likely N-dealkylation sites (N-methyl/N-ethyl adjacent to an activating group) is 1. The summed E-state index contributed by atoms with van der Waals surface area (Å²) in [4.78, 5) is 41.9. The lowest BCUT2D eigenvalue weighted by molar-refractivity contribution is -0.135. The Kier molecular flexibility index (Phi) is 11.2. The number of carbonyl (C=O) groups is 3. The van der Waals surface area contributed by atoms with Gasteiger partial charge in [0.1, 0.15) is 17.5 Å². The average molecular weight is 550 g/mol. The highest BCUT2D eigenvalue weighted by atomic mass is 16.5. The van der Waals surface area contributed by atoms with E-state index in [2.05, 4.69) is 19.2 Å². The largest absolute Gasteiger partial charge is 0.508 e. The molecule has 0 radical (unpaired) electrons. The van der Waals surface area contributed by atoms with Crippen LogP contribution in [-0.2, 0) is 16.0 Å². The summed E-state index contributed by atoms with van der Waals surface area (Å²) in [5.41, 5.74) is 2.33. The molecular formula is C32H43N3O5. The Balaban J connectivity index is 1.89. The first-order chi connectivity index (χ1) is 19.2. The van der Waals surface area contributed by atoms with E-state index in [1.54, 1.807) is 66.9 Å². The lowest BCUT2D eigenvalue weighted by atomic mass is 10.0. The molecule has 0 saturated carbocycles. The first kappa shape index (κ1) is 30.7. The number of amides is 2. The molecule has 8 heteroatoms. The molecule has 3 rings (SSSR count). The van der Waals surface area contributed by atoms with Crippen molar-refractivity contribution < 1.29 is 24.2 Å². The van der Waals surface area contributed by atoms with Crippen LogP contribution in [0.15, 0.2) is 42.5 Å². The number of phenolic OH excluding ortho intramolecular Hbond substituents is 1. The summed E-state index contributed by atoms with van der Waals surface area (Å²) >= 11 is 0. The molecule has 2 N–H and O–H groups in total. The Morgan fingerprint density at radius 1 is 1.00 bits per heavy atom. The van der Waals surface area contributed by atoms with Crippen LogP contribution in [0.5, 0.6) is 11.5 Å². The quantitative estimate of drug-likeness (QED) is 0.255. The highest BCUT2D eigenvalue weighted by molar-refractivity contribution is 6.05. The number of nitrogens with zero attached hydrogens (tertiary/aromatic N) is 2. The van der Waals surface area contributed by atoms with Crippen LogP contribution >= 0.6 is 0 Å². The molecule has 0 fully saturated rings. The number of rotatable bonds is 14. The molecule has 216 valence electrons. The highest BCUT2D eigenvalue weighted by Gasteiger charge is 2.26. The summed E-state index contributed by atoms with van der Waals surface area (Å²) in [5.74, 6) is 0.0747. The Morgan fingerprint density at radius 2 is 1.70 bits per heavy atom. The van der Waals surface area contributed by atoms with Gasteiger partial charge in [-0.25, -0.2) is 0 Å². The number of phenols is 1. The zero-order valence-electron chi connectivity index (χ0n) is 24.5. The lowest BCUT2D eigenvalue weighted by Crippen LogP contribution is -2.48. The van der Waals surface area contributed by atoms with Crippen molar-refractivity contribution in [2.24, 2.45) is 0 Å². The maximum Gasteiger partial charge on any atom is 0.262 e. The predicted molar refractivity (Wildman–Crippen MR) is 158 cm³/mol. The van der Waals surface area contributed by atoms with Gasteiger partial charge in [-0.15, -0.1) is 0 Å². The maximum absolute atomic E-state index is 13.6. The number of aromatic hydroxyl groups is 1. The van der Waals surface area contributed by atoms with Crippen molar-refractivity contribution in [2.45, 2.75) is 78.2 Å². The monoisotopic (exact) mass is 549 g/mol. The van der Waals surface area contributed by atoms with Gasteiger partial charge in [0.25, 0.3) is 5.91 Å². The fraction of sp³-hybridized carbons (Fsp3) is 0.469. The van der Waals surface area contributed by atoms with E-state index in [1.165, 1.54) is 6.07 Å². The zero-order chi connectivity index (χ0) is 29.2. The molecule has 1 unspecified atom stereocenters. The summed E-state index contributed by atoms with van der Waals surface area (Å²) in [6.07, 6.45) is 6.49. The van der Waals surface area contributed by atoms with E-state index in [-0.39, 0.29) is 29.9 Å². The Morgan fingerprint density at radius 3 is 2.35 bits per heavy atom. The molecule has 3 aromatic rings. The van der Waals surface area contributed by atoms with Crippen LogP contribution < -0.4 is 10.1 Å². The minimum atomic E-state index is -0.603. The normalized spacial score (nSPS) is 11.8. The number of nitrogens with one attached hydrogen (secondary N) is 1. The van der Waals surface area contributed by atoms with E-state index in [9.17, 15) is 19.5 Å². The molecule has 0 aliphatic heterocycles. The molecular weight excluding hydrogens is 506 g/mol. The average Bonchev–Trinajstić information content (AvgIpc) is 3.22. The molecule has 2 aromatic carbocycles. The molecule has 0 aliphatic carbocycles. The molecule has 0 saturated heterocycles. The molecule has 0 bridgehead atoms. The van der Waals surface area contributed by atoms with Gasteiger partial charge in [-0.3, -0.25) is 19.0 Å². The number of ether oxygens (including phenoxy) is 1. The zero-order valence-corrected chi connectivity index (χ0v) is 24.5. The minimum Gasteiger partial charge on any atom is -0.508 e. The number of carbonyl (C=O) groups excluding carboxylic acids is 3. The van der Waals surface area contributed by atoms with Gasteiger partial charge in [-0.1, -0.05) is 46.0 Å². The summed E-state index contributed by atoms with van der Waals surface area (Å²) in [6.45, 7) is 6.67. The fourth-order valence-corrected chi connectivity index (χ4v) is 5.03. The molecule has 1 atom stereocenters. The highest BCUT2D eigenvalue weighted by Crippen LogP contribution is 2.30. The van der Waals surface area contributed by atoms with Crippen LogP contribution in [-0.4, -0.2) is 59.0 Å². The molecule has 40 heavy (non-hydrogen) atoms. The van der Waals surface area contributed by atoms with E-state index >= 15 is 0 Å². The predicted octanol–water partition coefficient (Wildman–Crippen LogP) is 5.61. The van der Waals surface area contributed by atoms with Gasteiger partial charge in [0.2, 0.25) is 11.8 Å². The number of aromatic nitrogens is 1. The summed E-state index contributed by atoms with van der Waals surface area (Å²) in [6, 6.07) is 11.0. The van der Waals surface area contributed by atoms with Crippen LogP contribution in [0.2, 0.25) is 0 Å². The molecule has 1 heterocycles. The smallest absolute Gasteiger partial charge is 0.262 e. The third kappa shape index (κ3) is 7.43. The topological polar surface area (TPSA) is 101 Å². The third-order valence-electron chi connectivity index (χ3n) is 7.40. The van der Waals surface area contributed by atoms with Crippen molar-refractivity contribution >= 4 is 28.6 Å². The third-order valence-corrected chi connectivity index (χ3v) is 7.40. The van der Waals surface area contributed by atoms with Crippen molar-refractivity contribution in [1.82, 2.24) is 14.8 Å². The first-order valence-corrected chi connectivity index (χ1v) is 14.3. The second-order valence-electron chi connectivity index (χ2n) is 10.4. The molecule has 8 nitrogen and oxygen atoms in total. The summed E-state index contributed by atoms with van der Waals surface area (Å²) in [7, 11) is 3.35. The Hall–Kier alpha value is -3.81. The van der Waals surface area contributed by atoms with Crippen LogP contribution in [0.3, 0.4) is 0 Å². The van der Waals surface area contributed by atoms with Crippen LogP contribution in [0, 0.1) is 6.92 Å². The van der Waals surface area contributed by atoms with E-state index in [4.69, 9.17) is 4.74 Å². The van der Waals surface area contributed by atoms with E-state index in [0.29, 0.717) is 46.4 Å². The summed E-state index contributed by atoms with van der Waals surface area (Å²) in [5, 5.41) is 13.8. The standard InChI is InChI=1S/C32H43N3O5/c1-6-8-10-11-12-28(32(39)34(4)19-9-7-2)33-30(37)21-26-22(3)35(29-18-15-24(36)20-27(26)29)31(38)23-13-16-25(40-5)17-14-23/h13-18,20,28,36H,6-12,19,21H2,1-5H3,(H,33,37). The Labute approximate surface area is 237 Å². The fourth-order valence-electron chi connectivity index (χ4n) is 5.03. The van der Waals surface area contributed by atoms with Crippen molar-refractivity contribution in [3.63, 3.8) is 0 Å². The molecule has 1 aromatic heterocycles. The van der Waals surface area contributed by atoms with Gasteiger partial charge in [-0.05, 0) is 67.8 Å². The van der Waals surface area contributed by atoms with Gasteiger partial charge in [0.05, 0.1) is 19.0 Å². The van der Waals surface area contributed by atoms with Gasteiger partial charge in [-0.2, -0.15) is 0 Å². The summed E-state index contributed by atoms with van der Waals surface area (Å²) < 4.78 is 6.79. The number of fused-ring (bicyclic) bond motifs is 1. The lowest BCUT2D eigenvalue weighted by Gasteiger charge is -2.25. The molecule has 0 aliphatic rings. The molecule has 2 amide bonds. The number of methoxy groups -OCH3 is 1. The number of hydrogen-bond donors (Lipinski definition) is 2. The van der Waals surface area contributed by atoms with Crippen molar-refractivity contribution in [2.75, 3.05) is 20.7 Å². The first-order valence-electron chi connectivity index (χ1n) is 14.3. The maximum atomic E-state index is 13.6. The van der Waals surface area contributed by atoms with E-state index in [0.717, 1.165) is 38.5 Å². The van der Waals surface area contributed by atoms with Crippen molar-refractivity contribution in [3.05, 3.63) is 59.3 Å². The van der Waals surface area contributed by atoms with Crippen molar-refractivity contribution in [3.8, 4) is 11.5 Å². The van der Waals surface area contributed by atoms with E-state index < -0.39 is 6.04 Å². The van der Waals surface area contributed by atoms with Gasteiger partial charge in [0, 0.05) is 30.2 Å². The SMILES string of the molecule is CCCCCCC(NC(=O)Cc1c(C)n(C(=O)c2ccc(OC)cc2)c2ccc(O)cc12)C(=O)N(C)CCCC. The van der Waals surface area contributed by atoms with Gasteiger partial charge >= 0.3 is 0 Å². The molecule has 0 spiro atoms. The minimum absolute atomic E-state index is 0.0217. The van der Waals surface area contributed by atoms with Gasteiger partial charge in [0.15, 0.2) is 0 Å². The number of unbranched alkanes of at least 4 members (excludes halogenated alkanes) is 4. The van der Waals surface area contributed by atoms with Crippen LogP contribution in [0.25, 0.3) is 10.9 Å². The Bertz CT molecular complexity index is 1310. The number of benzene rings is 2. The van der Waals surface area contributed by atoms with Gasteiger partial charge < -0.3 is 20.1 Å². The number of hydrogen-bond acceptors (Lipinski definition) is 5.